The van der Waals surface area contributed by atoms with E-state index in [1.165, 1.54) is 0 Å². The SMILES string of the molecule is COc1cc(CNCCO)cc(Br)c1OCc1cccc(Cl)c1. The summed E-state index contributed by atoms with van der Waals surface area (Å²) in [5, 5.41) is 12.6. The molecule has 0 aromatic heterocycles. The highest BCUT2D eigenvalue weighted by molar-refractivity contribution is 9.10. The maximum atomic E-state index is 8.82. The van der Waals surface area contributed by atoms with E-state index < -0.39 is 0 Å². The van der Waals surface area contributed by atoms with E-state index in [1.54, 1.807) is 7.11 Å². The number of ether oxygens (including phenoxy) is 2. The number of halogens is 2. The van der Waals surface area contributed by atoms with E-state index in [2.05, 4.69) is 21.2 Å². The van der Waals surface area contributed by atoms with Crippen LogP contribution < -0.4 is 14.8 Å². The van der Waals surface area contributed by atoms with Gasteiger partial charge in [-0.05, 0) is 51.3 Å². The Kier molecular flexibility index (Phi) is 7.17. The largest absolute Gasteiger partial charge is 0.493 e. The minimum atomic E-state index is 0.110. The van der Waals surface area contributed by atoms with Crippen molar-refractivity contribution in [3.05, 3.63) is 57.0 Å². The molecule has 2 N–H and O–H groups in total. The van der Waals surface area contributed by atoms with Crippen LogP contribution in [-0.2, 0) is 13.2 Å². The van der Waals surface area contributed by atoms with Gasteiger partial charge < -0.3 is 19.9 Å². The zero-order valence-electron chi connectivity index (χ0n) is 12.8. The lowest BCUT2D eigenvalue weighted by Gasteiger charge is -2.15. The summed E-state index contributed by atoms with van der Waals surface area (Å²) in [6, 6.07) is 11.4. The van der Waals surface area contributed by atoms with Crippen molar-refractivity contribution in [2.45, 2.75) is 13.2 Å². The molecule has 0 aliphatic carbocycles. The summed E-state index contributed by atoms with van der Waals surface area (Å²) < 4.78 is 12.1. The van der Waals surface area contributed by atoms with Crippen molar-refractivity contribution in [2.75, 3.05) is 20.3 Å². The van der Waals surface area contributed by atoms with Crippen molar-refractivity contribution in [3.8, 4) is 11.5 Å². The van der Waals surface area contributed by atoms with Crippen LogP contribution >= 0.6 is 27.5 Å². The normalized spacial score (nSPS) is 10.6. The van der Waals surface area contributed by atoms with Gasteiger partial charge in [-0.3, -0.25) is 0 Å². The Balaban J connectivity index is 2.11. The first-order valence-corrected chi connectivity index (χ1v) is 8.36. The molecule has 2 rings (SSSR count). The summed E-state index contributed by atoms with van der Waals surface area (Å²) >= 11 is 9.51. The van der Waals surface area contributed by atoms with Crippen LogP contribution in [0.1, 0.15) is 11.1 Å². The first-order chi connectivity index (χ1) is 11.1. The van der Waals surface area contributed by atoms with E-state index in [1.807, 2.05) is 36.4 Å². The van der Waals surface area contributed by atoms with Gasteiger partial charge in [-0.2, -0.15) is 0 Å². The second-order valence-corrected chi connectivity index (χ2v) is 6.22. The third-order valence-corrected chi connectivity index (χ3v) is 4.00. The maximum Gasteiger partial charge on any atom is 0.175 e. The van der Waals surface area contributed by atoms with E-state index in [-0.39, 0.29) is 6.61 Å². The minimum absolute atomic E-state index is 0.110. The molecule has 4 nitrogen and oxygen atoms in total. The Labute approximate surface area is 149 Å². The van der Waals surface area contributed by atoms with Crippen molar-refractivity contribution < 1.29 is 14.6 Å². The molecule has 2 aromatic carbocycles. The summed E-state index contributed by atoms with van der Waals surface area (Å²) in [4.78, 5) is 0. The molecule has 0 unspecified atom stereocenters. The molecule has 0 aliphatic rings. The molecule has 6 heteroatoms. The van der Waals surface area contributed by atoms with Crippen LogP contribution in [0, 0.1) is 0 Å². The van der Waals surface area contributed by atoms with Gasteiger partial charge in [-0.15, -0.1) is 0 Å². The number of hydrogen-bond donors (Lipinski definition) is 2. The van der Waals surface area contributed by atoms with Crippen LogP contribution in [0.25, 0.3) is 0 Å². The van der Waals surface area contributed by atoms with Crippen molar-refractivity contribution in [1.82, 2.24) is 5.32 Å². The number of nitrogens with one attached hydrogen (secondary N) is 1. The molecule has 0 amide bonds. The topological polar surface area (TPSA) is 50.7 Å². The zero-order chi connectivity index (χ0) is 16.7. The summed E-state index contributed by atoms with van der Waals surface area (Å²) in [7, 11) is 1.61. The van der Waals surface area contributed by atoms with Crippen LogP contribution in [0.2, 0.25) is 5.02 Å². The molecule has 0 saturated carbocycles. The molecule has 2 aromatic rings. The molecule has 0 spiro atoms. The molecular weight excluding hydrogens is 382 g/mol. The highest BCUT2D eigenvalue weighted by atomic mass is 79.9. The first-order valence-electron chi connectivity index (χ1n) is 7.19. The Morgan fingerprint density at radius 1 is 1.22 bits per heavy atom. The fourth-order valence-electron chi connectivity index (χ4n) is 2.11. The number of hydrogen-bond acceptors (Lipinski definition) is 4. The third kappa shape index (κ3) is 5.39. The predicted molar refractivity (Wildman–Crippen MR) is 95.3 cm³/mol. The lowest BCUT2D eigenvalue weighted by atomic mass is 10.2. The van der Waals surface area contributed by atoms with Crippen molar-refractivity contribution in [3.63, 3.8) is 0 Å². The van der Waals surface area contributed by atoms with E-state index >= 15 is 0 Å². The predicted octanol–water partition coefficient (Wildman–Crippen LogP) is 3.77. The lowest BCUT2D eigenvalue weighted by molar-refractivity contribution is 0.282. The monoisotopic (exact) mass is 399 g/mol. The second-order valence-electron chi connectivity index (χ2n) is 4.93. The standard InChI is InChI=1S/C17H19BrClNO3/c1-22-16-9-13(10-20-5-6-21)8-15(18)17(16)23-11-12-3-2-4-14(19)7-12/h2-4,7-9,20-21H,5-6,10-11H2,1H3. The average Bonchev–Trinajstić information content (AvgIpc) is 2.53. The molecule has 0 atom stereocenters. The van der Waals surface area contributed by atoms with Gasteiger partial charge in [0, 0.05) is 18.1 Å². The summed E-state index contributed by atoms with van der Waals surface area (Å²) in [5.74, 6) is 1.31. The fraction of sp³-hybridized carbons (Fsp3) is 0.294. The number of aliphatic hydroxyl groups excluding tert-OH is 1. The van der Waals surface area contributed by atoms with E-state index in [0.717, 1.165) is 15.6 Å². The molecule has 0 heterocycles. The van der Waals surface area contributed by atoms with Gasteiger partial charge >= 0.3 is 0 Å². The smallest absolute Gasteiger partial charge is 0.175 e. The number of rotatable bonds is 8. The Bertz CT molecular complexity index is 652. The van der Waals surface area contributed by atoms with Gasteiger partial charge in [0.15, 0.2) is 11.5 Å². The van der Waals surface area contributed by atoms with Gasteiger partial charge in [-0.1, -0.05) is 23.7 Å². The molecule has 124 valence electrons. The maximum absolute atomic E-state index is 8.82. The number of benzene rings is 2. The van der Waals surface area contributed by atoms with Crippen LogP contribution in [0.3, 0.4) is 0 Å². The average molecular weight is 401 g/mol. The number of aliphatic hydroxyl groups is 1. The molecule has 23 heavy (non-hydrogen) atoms. The summed E-state index contributed by atoms with van der Waals surface area (Å²) in [5.41, 5.74) is 2.03. The first kappa shape index (κ1) is 18.1. The van der Waals surface area contributed by atoms with Gasteiger partial charge in [0.2, 0.25) is 0 Å². The molecule has 0 bridgehead atoms. The van der Waals surface area contributed by atoms with Crippen molar-refractivity contribution in [1.29, 1.82) is 0 Å². The summed E-state index contributed by atoms with van der Waals surface area (Å²) in [6.45, 7) is 1.70. The van der Waals surface area contributed by atoms with E-state index in [0.29, 0.717) is 36.2 Å². The number of methoxy groups -OCH3 is 1. The molecular formula is C17H19BrClNO3. The Morgan fingerprint density at radius 2 is 2.04 bits per heavy atom. The third-order valence-electron chi connectivity index (χ3n) is 3.18. The fourth-order valence-corrected chi connectivity index (χ4v) is 2.93. The molecule has 0 saturated heterocycles. The Morgan fingerprint density at radius 3 is 2.74 bits per heavy atom. The van der Waals surface area contributed by atoms with Crippen molar-refractivity contribution >= 4 is 27.5 Å². The van der Waals surface area contributed by atoms with Gasteiger partial charge in [0.25, 0.3) is 0 Å². The molecule has 0 aliphatic heterocycles. The molecule has 0 radical (unpaired) electrons. The Hall–Kier alpha value is -1.27. The van der Waals surface area contributed by atoms with Gasteiger partial charge in [0.1, 0.15) is 6.61 Å². The van der Waals surface area contributed by atoms with Crippen molar-refractivity contribution in [2.24, 2.45) is 0 Å². The minimum Gasteiger partial charge on any atom is -0.493 e. The lowest BCUT2D eigenvalue weighted by Crippen LogP contribution is -2.17. The van der Waals surface area contributed by atoms with Crippen LogP contribution in [-0.4, -0.2) is 25.4 Å². The van der Waals surface area contributed by atoms with Crippen LogP contribution in [0.15, 0.2) is 40.9 Å². The molecule has 0 fully saturated rings. The summed E-state index contributed by atoms with van der Waals surface area (Å²) in [6.07, 6.45) is 0. The zero-order valence-corrected chi connectivity index (χ0v) is 15.2. The van der Waals surface area contributed by atoms with Crippen LogP contribution in [0.5, 0.6) is 11.5 Å². The van der Waals surface area contributed by atoms with E-state index in [4.69, 9.17) is 26.2 Å². The highest BCUT2D eigenvalue weighted by Gasteiger charge is 2.12. The highest BCUT2D eigenvalue weighted by Crippen LogP contribution is 2.37. The van der Waals surface area contributed by atoms with Gasteiger partial charge in [0.05, 0.1) is 18.2 Å². The quantitative estimate of drug-likeness (QED) is 0.662. The van der Waals surface area contributed by atoms with Crippen LogP contribution in [0.4, 0.5) is 0 Å². The second kappa shape index (κ2) is 9.13. The van der Waals surface area contributed by atoms with Gasteiger partial charge in [-0.25, -0.2) is 0 Å². The van der Waals surface area contributed by atoms with E-state index in [9.17, 15) is 0 Å².